The number of anilines is 1. The van der Waals surface area contributed by atoms with Gasteiger partial charge in [-0.3, -0.25) is 0 Å². The number of benzene rings is 1. The van der Waals surface area contributed by atoms with Gasteiger partial charge in [0, 0.05) is 0 Å². The van der Waals surface area contributed by atoms with Crippen molar-refractivity contribution in [3.05, 3.63) is 64.4 Å². The van der Waals surface area contributed by atoms with Crippen LogP contribution in [0.4, 0.5) is 5.69 Å². The van der Waals surface area contributed by atoms with E-state index in [1.165, 1.54) is 12.1 Å². The summed E-state index contributed by atoms with van der Waals surface area (Å²) in [4.78, 5) is 22.6. The Morgan fingerprint density at radius 3 is 2.62 bits per heavy atom. The summed E-state index contributed by atoms with van der Waals surface area (Å²) < 4.78 is 0. The number of allylic oxidation sites excluding steroid dienone is 4. The van der Waals surface area contributed by atoms with Crippen molar-refractivity contribution in [1.29, 1.82) is 0 Å². The molecule has 0 unspecified atom stereocenters. The molecule has 0 spiro atoms. The Kier molecular flexibility index (Phi) is 4.45. The molecular formula is C15H12ClNO4. The summed E-state index contributed by atoms with van der Waals surface area (Å²) in [5.74, 6) is -2.27. The van der Waals surface area contributed by atoms with E-state index in [2.05, 4.69) is 5.32 Å². The van der Waals surface area contributed by atoms with Gasteiger partial charge in [0.25, 0.3) is 0 Å². The highest BCUT2D eigenvalue weighted by atomic mass is 35.5. The summed E-state index contributed by atoms with van der Waals surface area (Å²) in [6, 6.07) is 4.59. The van der Waals surface area contributed by atoms with Gasteiger partial charge in [-0.1, -0.05) is 35.9 Å². The van der Waals surface area contributed by atoms with Gasteiger partial charge in [-0.25, -0.2) is 9.59 Å². The largest absolute Gasteiger partial charge is 0.478 e. The molecular weight excluding hydrogens is 294 g/mol. The van der Waals surface area contributed by atoms with E-state index < -0.39 is 11.9 Å². The summed E-state index contributed by atoms with van der Waals surface area (Å²) in [6.07, 6.45) is 7.13. The quantitative estimate of drug-likeness (QED) is 0.794. The maximum Gasteiger partial charge on any atom is 0.339 e. The molecule has 1 aliphatic carbocycles. The highest BCUT2D eigenvalue weighted by Gasteiger charge is 2.18. The summed E-state index contributed by atoms with van der Waals surface area (Å²) in [6.45, 7) is 0. The first kappa shape index (κ1) is 14.9. The van der Waals surface area contributed by atoms with Gasteiger partial charge in [-0.2, -0.15) is 0 Å². The minimum Gasteiger partial charge on any atom is -0.478 e. The van der Waals surface area contributed by atoms with E-state index in [4.69, 9.17) is 11.6 Å². The fourth-order valence-corrected chi connectivity index (χ4v) is 2.19. The maximum atomic E-state index is 11.3. The van der Waals surface area contributed by atoms with Crippen LogP contribution in [0.2, 0.25) is 5.02 Å². The molecule has 0 saturated heterocycles. The topological polar surface area (TPSA) is 86.6 Å². The number of halogens is 1. The van der Waals surface area contributed by atoms with Crippen molar-refractivity contribution in [3.63, 3.8) is 0 Å². The molecule has 0 atom stereocenters. The zero-order chi connectivity index (χ0) is 15.4. The lowest BCUT2D eigenvalue weighted by atomic mass is 10.1. The lowest BCUT2D eigenvalue weighted by Crippen LogP contribution is -2.13. The molecule has 108 valence electrons. The van der Waals surface area contributed by atoms with Crippen LogP contribution < -0.4 is 5.32 Å². The second-order valence-corrected chi connectivity index (χ2v) is 4.67. The molecule has 6 heteroatoms. The average molecular weight is 306 g/mol. The third-order valence-electron chi connectivity index (χ3n) is 2.87. The zero-order valence-corrected chi connectivity index (χ0v) is 11.6. The van der Waals surface area contributed by atoms with Crippen molar-refractivity contribution >= 4 is 29.2 Å². The van der Waals surface area contributed by atoms with Gasteiger partial charge in [0.05, 0.1) is 22.0 Å². The summed E-state index contributed by atoms with van der Waals surface area (Å²) >= 11 is 5.89. The molecule has 0 amide bonds. The molecule has 5 nitrogen and oxygen atoms in total. The van der Waals surface area contributed by atoms with Crippen LogP contribution in [0.25, 0.3) is 0 Å². The van der Waals surface area contributed by atoms with Gasteiger partial charge in [-0.05, 0) is 24.6 Å². The van der Waals surface area contributed by atoms with Gasteiger partial charge in [-0.15, -0.1) is 0 Å². The number of hydrogen-bond acceptors (Lipinski definition) is 3. The van der Waals surface area contributed by atoms with E-state index in [0.717, 1.165) is 0 Å². The highest BCUT2D eigenvalue weighted by Crippen LogP contribution is 2.27. The van der Waals surface area contributed by atoms with Crippen LogP contribution in [0.5, 0.6) is 0 Å². The number of hydrogen-bond donors (Lipinski definition) is 3. The van der Waals surface area contributed by atoms with Crippen LogP contribution in [0.15, 0.2) is 53.8 Å². The summed E-state index contributed by atoms with van der Waals surface area (Å²) in [7, 11) is 0. The molecule has 0 bridgehead atoms. The van der Waals surface area contributed by atoms with Crippen molar-refractivity contribution in [2.45, 2.75) is 6.42 Å². The molecule has 1 aromatic rings. The summed E-state index contributed by atoms with van der Waals surface area (Å²) in [5, 5.41) is 21.4. The number of aromatic carboxylic acids is 1. The molecule has 21 heavy (non-hydrogen) atoms. The molecule has 2 rings (SSSR count). The highest BCUT2D eigenvalue weighted by molar-refractivity contribution is 6.34. The van der Waals surface area contributed by atoms with Gasteiger partial charge < -0.3 is 15.5 Å². The van der Waals surface area contributed by atoms with E-state index in [1.54, 1.807) is 30.4 Å². The predicted octanol–water partition coefficient (Wildman–Crippen LogP) is 3.30. The lowest BCUT2D eigenvalue weighted by Gasteiger charge is -2.14. The van der Waals surface area contributed by atoms with Crippen molar-refractivity contribution in [1.82, 2.24) is 0 Å². The summed E-state index contributed by atoms with van der Waals surface area (Å²) in [5.41, 5.74) is 0.527. The van der Waals surface area contributed by atoms with Crippen LogP contribution in [-0.2, 0) is 4.79 Å². The first-order valence-corrected chi connectivity index (χ1v) is 6.48. The Bertz CT molecular complexity index is 689. The third kappa shape index (κ3) is 3.32. The fraction of sp³-hybridized carbons (Fsp3) is 0.0667. The minimum absolute atomic E-state index is 0.0799. The first-order chi connectivity index (χ1) is 10.0. The molecule has 1 aromatic carbocycles. The molecule has 1 aliphatic rings. The Hall–Kier alpha value is -2.53. The van der Waals surface area contributed by atoms with E-state index in [0.29, 0.717) is 12.1 Å². The van der Waals surface area contributed by atoms with E-state index >= 15 is 0 Å². The van der Waals surface area contributed by atoms with Crippen molar-refractivity contribution in [3.8, 4) is 0 Å². The minimum atomic E-state index is -1.19. The van der Waals surface area contributed by atoms with Crippen molar-refractivity contribution < 1.29 is 19.8 Å². The smallest absolute Gasteiger partial charge is 0.339 e. The number of carbonyl (C=O) groups is 2. The fourth-order valence-electron chi connectivity index (χ4n) is 1.93. The molecule has 0 heterocycles. The van der Waals surface area contributed by atoms with E-state index in [-0.39, 0.29) is 21.8 Å². The number of aliphatic carboxylic acids is 1. The number of rotatable bonds is 4. The van der Waals surface area contributed by atoms with E-state index in [1.807, 2.05) is 0 Å². The zero-order valence-electron chi connectivity index (χ0n) is 10.8. The van der Waals surface area contributed by atoms with E-state index in [9.17, 15) is 19.8 Å². The number of carboxylic acid groups (broad SMARTS) is 2. The molecule has 3 N–H and O–H groups in total. The normalized spacial score (nSPS) is 14.0. The molecule has 0 radical (unpaired) electrons. The van der Waals surface area contributed by atoms with Gasteiger partial charge in [0.15, 0.2) is 0 Å². The Balaban J connectivity index is 2.44. The Labute approximate surface area is 125 Å². The van der Waals surface area contributed by atoms with Crippen molar-refractivity contribution in [2.75, 3.05) is 5.32 Å². The monoisotopic (exact) mass is 305 g/mol. The average Bonchev–Trinajstić information content (AvgIpc) is 2.63. The molecule has 0 aliphatic heterocycles. The number of carboxylic acids is 2. The van der Waals surface area contributed by atoms with Gasteiger partial charge in [0.2, 0.25) is 0 Å². The third-order valence-corrected chi connectivity index (χ3v) is 3.19. The van der Waals surface area contributed by atoms with Crippen LogP contribution in [0.3, 0.4) is 0 Å². The van der Waals surface area contributed by atoms with Gasteiger partial charge in [0.1, 0.15) is 5.56 Å². The van der Waals surface area contributed by atoms with Crippen LogP contribution in [0, 0.1) is 0 Å². The lowest BCUT2D eigenvalue weighted by molar-refractivity contribution is -0.132. The molecule has 0 aromatic heterocycles. The number of nitrogens with one attached hydrogen (secondary N) is 1. The van der Waals surface area contributed by atoms with Crippen LogP contribution >= 0.6 is 11.6 Å². The predicted molar refractivity (Wildman–Crippen MR) is 79.6 cm³/mol. The van der Waals surface area contributed by atoms with Gasteiger partial charge >= 0.3 is 11.9 Å². The molecule has 0 saturated carbocycles. The Morgan fingerprint density at radius 1 is 1.19 bits per heavy atom. The first-order valence-electron chi connectivity index (χ1n) is 6.10. The second-order valence-electron chi connectivity index (χ2n) is 4.26. The Morgan fingerprint density at radius 2 is 1.95 bits per heavy atom. The molecule has 0 fully saturated rings. The van der Waals surface area contributed by atoms with Crippen LogP contribution in [-0.4, -0.2) is 22.2 Å². The standard InChI is InChI=1S/C15H12ClNO4/c16-10-6-4-8-12(13(10)15(20)21)17-11-7-3-1-2-5-9(11)14(18)19/h1,3-8,17H,2H2,(H,18,19)(H,20,21). The van der Waals surface area contributed by atoms with Crippen molar-refractivity contribution in [2.24, 2.45) is 0 Å². The van der Waals surface area contributed by atoms with Crippen LogP contribution in [0.1, 0.15) is 16.8 Å². The SMILES string of the molecule is O=C(O)C1=CCC=CC=C1Nc1cccc(Cl)c1C(=O)O. The second kappa shape index (κ2) is 6.28. The maximum absolute atomic E-state index is 11.3.